The van der Waals surface area contributed by atoms with E-state index in [-0.39, 0.29) is 5.91 Å². The van der Waals surface area contributed by atoms with Gasteiger partial charge in [-0.3, -0.25) is 9.89 Å². The Balaban J connectivity index is 1.71. The van der Waals surface area contributed by atoms with Gasteiger partial charge in [-0.2, -0.15) is 5.10 Å². The first-order valence-electron chi connectivity index (χ1n) is 7.45. The number of anilines is 1. The number of rotatable bonds is 3. The summed E-state index contributed by atoms with van der Waals surface area (Å²) >= 11 is 0. The van der Waals surface area contributed by atoms with Gasteiger partial charge in [0.15, 0.2) is 11.5 Å². The van der Waals surface area contributed by atoms with Crippen LogP contribution in [0, 0.1) is 0 Å². The number of carbonyl (C=O) groups is 1. The summed E-state index contributed by atoms with van der Waals surface area (Å²) in [5.74, 6) is 1.00. The molecule has 1 amide bonds. The van der Waals surface area contributed by atoms with Crippen molar-refractivity contribution in [2.24, 2.45) is 0 Å². The molecule has 0 aliphatic carbocycles. The molecule has 22 heavy (non-hydrogen) atoms. The van der Waals surface area contributed by atoms with E-state index in [0.717, 1.165) is 30.9 Å². The maximum absolute atomic E-state index is 12.6. The average molecular weight is 300 g/mol. The molecule has 3 heterocycles. The molecular weight excluding hydrogens is 280 g/mol. The molecule has 0 bridgehead atoms. The zero-order chi connectivity index (χ0) is 15.5. The van der Waals surface area contributed by atoms with Crippen LogP contribution in [0.1, 0.15) is 34.9 Å². The molecule has 1 N–H and O–H groups in total. The molecule has 0 saturated carbocycles. The maximum Gasteiger partial charge on any atom is 0.274 e. The van der Waals surface area contributed by atoms with Gasteiger partial charge >= 0.3 is 0 Å². The van der Waals surface area contributed by atoms with Crippen molar-refractivity contribution in [1.82, 2.24) is 25.3 Å². The van der Waals surface area contributed by atoms with Crippen LogP contribution in [0.5, 0.6) is 0 Å². The molecule has 0 spiro atoms. The number of hydrogen-bond acceptors (Lipinski definition) is 5. The van der Waals surface area contributed by atoms with Gasteiger partial charge in [-0.1, -0.05) is 0 Å². The lowest BCUT2D eigenvalue weighted by molar-refractivity contribution is 0.0698. The van der Waals surface area contributed by atoms with Gasteiger partial charge in [0.25, 0.3) is 5.91 Å². The Kier molecular flexibility index (Phi) is 4.04. The van der Waals surface area contributed by atoms with Crippen molar-refractivity contribution in [3.8, 4) is 0 Å². The van der Waals surface area contributed by atoms with E-state index in [0.29, 0.717) is 18.2 Å². The second kappa shape index (κ2) is 6.13. The predicted molar refractivity (Wildman–Crippen MR) is 82.8 cm³/mol. The topological polar surface area (TPSA) is 78.0 Å². The summed E-state index contributed by atoms with van der Waals surface area (Å²) in [7, 11) is 3.79. The van der Waals surface area contributed by atoms with Crippen LogP contribution < -0.4 is 4.90 Å². The minimum atomic E-state index is -0.0537. The van der Waals surface area contributed by atoms with Crippen molar-refractivity contribution in [3.63, 3.8) is 0 Å². The SMILES string of the molecule is CN(C)c1ccc(C(=O)N2CCCC(c3ccn[nH]3)C2)nn1. The molecule has 7 heteroatoms. The molecule has 1 aliphatic rings. The predicted octanol–water partition coefficient (Wildman–Crippen LogP) is 1.29. The number of H-pyrrole nitrogens is 1. The number of aromatic nitrogens is 4. The van der Waals surface area contributed by atoms with Gasteiger partial charge in [0.2, 0.25) is 0 Å². The molecule has 1 saturated heterocycles. The fourth-order valence-electron chi connectivity index (χ4n) is 2.75. The molecule has 3 rings (SSSR count). The van der Waals surface area contributed by atoms with Gasteiger partial charge in [-0.05, 0) is 31.0 Å². The average Bonchev–Trinajstić information content (AvgIpc) is 3.09. The molecular formula is C15H20N6O. The number of amides is 1. The molecule has 1 atom stereocenters. The Bertz CT molecular complexity index is 622. The van der Waals surface area contributed by atoms with E-state index in [2.05, 4.69) is 20.4 Å². The first-order chi connectivity index (χ1) is 10.6. The van der Waals surface area contributed by atoms with Gasteiger partial charge in [-0.15, -0.1) is 10.2 Å². The highest BCUT2D eigenvalue weighted by Gasteiger charge is 2.27. The van der Waals surface area contributed by atoms with Gasteiger partial charge < -0.3 is 9.80 Å². The summed E-state index contributed by atoms with van der Waals surface area (Å²) in [6.45, 7) is 1.46. The van der Waals surface area contributed by atoms with Crippen molar-refractivity contribution >= 4 is 11.7 Å². The summed E-state index contributed by atoms with van der Waals surface area (Å²) in [5.41, 5.74) is 1.49. The van der Waals surface area contributed by atoms with E-state index >= 15 is 0 Å². The van der Waals surface area contributed by atoms with Crippen molar-refractivity contribution < 1.29 is 4.79 Å². The van der Waals surface area contributed by atoms with E-state index in [9.17, 15) is 4.79 Å². The van der Waals surface area contributed by atoms with Gasteiger partial charge in [0, 0.05) is 45.0 Å². The van der Waals surface area contributed by atoms with Crippen molar-refractivity contribution in [2.75, 3.05) is 32.1 Å². The monoisotopic (exact) mass is 300 g/mol. The molecule has 116 valence electrons. The van der Waals surface area contributed by atoms with E-state index < -0.39 is 0 Å². The van der Waals surface area contributed by atoms with Crippen LogP contribution in [0.15, 0.2) is 24.4 Å². The first kappa shape index (κ1) is 14.5. The van der Waals surface area contributed by atoms with E-state index in [1.54, 1.807) is 12.3 Å². The van der Waals surface area contributed by atoms with Crippen LogP contribution >= 0.6 is 0 Å². The maximum atomic E-state index is 12.6. The summed E-state index contributed by atoms with van der Waals surface area (Å²) in [5, 5.41) is 15.1. The third kappa shape index (κ3) is 2.93. The Morgan fingerprint density at radius 2 is 2.18 bits per heavy atom. The van der Waals surface area contributed by atoms with Gasteiger partial charge in [0.05, 0.1) is 0 Å². The number of nitrogens with zero attached hydrogens (tertiary/aromatic N) is 5. The van der Waals surface area contributed by atoms with Gasteiger partial charge in [0.1, 0.15) is 0 Å². The highest BCUT2D eigenvalue weighted by molar-refractivity contribution is 5.92. The normalized spacial score (nSPS) is 18.3. The lowest BCUT2D eigenvalue weighted by Gasteiger charge is -2.31. The second-order valence-electron chi connectivity index (χ2n) is 5.77. The molecule has 1 unspecified atom stereocenters. The van der Waals surface area contributed by atoms with Crippen molar-refractivity contribution in [3.05, 3.63) is 35.8 Å². The summed E-state index contributed by atoms with van der Waals surface area (Å²) in [6, 6.07) is 5.53. The first-order valence-corrected chi connectivity index (χ1v) is 7.45. The van der Waals surface area contributed by atoms with Gasteiger partial charge in [-0.25, -0.2) is 0 Å². The zero-order valence-electron chi connectivity index (χ0n) is 12.9. The quantitative estimate of drug-likeness (QED) is 0.924. The summed E-state index contributed by atoms with van der Waals surface area (Å²) < 4.78 is 0. The van der Waals surface area contributed by atoms with Crippen LogP contribution in [0.4, 0.5) is 5.82 Å². The van der Waals surface area contributed by atoms with Crippen molar-refractivity contribution in [2.45, 2.75) is 18.8 Å². The van der Waals surface area contributed by atoms with Crippen molar-refractivity contribution in [1.29, 1.82) is 0 Å². The van der Waals surface area contributed by atoms with E-state index in [1.165, 1.54) is 0 Å². The Labute approximate surface area is 129 Å². The fourth-order valence-corrected chi connectivity index (χ4v) is 2.75. The molecule has 0 aromatic carbocycles. The van der Waals surface area contributed by atoms with Crippen LogP contribution in [0.2, 0.25) is 0 Å². The smallest absolute Gasteiger partial charge is 0.274 e. The fraction of sp³-hybridized carbons (Fsp3) is 0.467. The number of aromatic amines is 1. The Hall–Kier alpha value is -2.44. The minimum Gasteiger partial charge on any atom is -0.361 e. The summed E-state index contributed by atoms with van der Waals surface area (Å²) in [6.07, 6.45) is 3.80. The minimum absolute atomic E-state index is 0.0537. The van der Waals surface area contributed by atoms with Crippen LogP contribution in [-0.2, 0) is 0 Å². The zero-order valence-corrected chi connectivity index (χ0v) is 12.9. The lowest BCUT2D eigenvalue weighted by atomic mass is 9.95. The highest BCUT2D eigenvalue weighted by atomic mass is 16.2. The molecule has 1 aliphatic heterocycles. The van der Waals surface area contributed by atoms with E-state index in [4.69, 9.17) is 0 Å². The highest BCUT2D eigenvalue weighted by Crippen LogP contribution is 2.26. The number of hydrogen-bond donors (Lipinski definition) is 1. The summed E-state index contributed by atoms with van der Waals surface area (Å²) in [4.78, 5) is 16.3. The van der Waals surface area contributed by atoms with Crippen LogP contribution in [0.25, 0.3) is 0 Å². The van der Waals surface area contributed by atoms with E-state index in [1.807, 2.05) is 36.0 Å². The van der Waals surface area contributed by atoms with Crippen LogP contribution in [-0.4, -0.2) is 58.4 Å². The largest absolute Gasteiger partial charge is 0.361 e. The Morgan fingerprint density at radius 3 is 2.82 bits per heavy atom. The molecule has 2 aromatic heterocycles. The molecule has 0 radical (unpaired) electrons. The second-order valence-corrected chi connectivity index (χ2v) is 5.77. The molecule has 1 fully saturated rings. The third-order valence-electron chi connectivity index (χ3n) is 4.00. The molecule has 7 nitrogen and oxygen atoms in total. The third-order valence-corrected chi connectivity index (χ3v) is 4.00. The standard InChI is InChI=1S/C15H20N6O/c1-20(2)14-6-5-13(18-19-14)15(22)21-9-3-4-11(10-21)12-7-8-16-17-12/h5-8,11H,3-4,9-10H2,1-2H3,(H,16,17). The number of nitrogens with one attached hydrogen (secondary N) is 1. The number of carbonyl (C=O) groups excluding carboxylic acids is 1. The lowest BCUT2D eigenvalue weighted by Crippen LogP contribution is -2.39. The Morgan fingerprint density at radius 1 is 1.32 bits per heavy atom. The number of piperidine rings is 1. The van der Waals surface area contributed by atoms with Crippen LogP contribution in [0.3, 0.4) is 0 Å². The number of likely N-dealkylation sites (tertiary alicyclic amines) is 1. The molecule has 2 aromatic rings.